The standard InChI is InChI=1S/C80H93BN2S/c1-72(2,3)50-25-30-65-64(41-50)81-69-55-46-62-63(80(18,19)38-37-79(62,16)17)47-68(55)84-71(69)83(52-27-29-57-59(43-52)76(10,11)34-32-74(57,6)7)67-40-49(39-66(70(67)81)82(65)51-26-28-56-58(42-51)75(8,9)33-31-73(56,4)5)54-45-61-60(77(12,13)35-36-78(61,14)15)44-53(54)48-23-21-20-22-24-48/h20-30,39-47H,31-38H2,1-19H3. The first-order valence-electron chi connectivity index (χ1n) is 32.3. The average Bonchev–Trinajstić information content (AvgIpc) is 1.29. The molecule has 8 aromatic rings. The minimum Gasteiger partial charge on any atom is -0.311 e. The van der Waals surface area contributed by atoms with Gasteiger partial charge < -0.3 is 9.80 Å². The summed E-state index contributed by atoms with van der Waals surface area (Å²) in [4.78, 5) is 5.55. The molecular formula is C80H93BN2S. The van der Waals surface area contributed by atoms with Gasteiger partial charge in [-0.15, -0.1) is 11.3 Å². The maximum absolute atomic E-state index is 2.80. The topological polar surface area (TPSA) is 6.48 Å². The predicted octanol–water partition coefficient (Wildman–Crippen LogP) is 21.0. The zero-order valence-corrected chi connectivity index (χ0v) is 55.4. The lowest BCUT2D eigenvalue weighted by Gasteiger charge is -2.46. The molecular weight excluding hydrogens is 1030 g/mol. The molecule has 2 nitrogen and oxygen atoms in total. The van der Waals surface area contributed by atoms with Crippen molar-refractivity contribution < 1.29 is 0 Å². The number of fused-ring (bicyclic) bond motifs is 10. The van der Waals surface area contributed by atoms with E-state index in [1.54, 1.807) is 0 Å². The average molecular weight is 1130 g/mol. The summed E-state index contributed by atoms with van der Waals surface area (Å²) in [5.41, 5.74) is 29.7. The molecule has 0 atom stereocenters. The Morgan fingerprint density at radius 1 is 0.369 bits per heavy atom. The highest BCUT2D eigenvalue weighted by molar-refractivity contribution is 7.26. The quantitative estimate of drug-likeness (QED) is 0.162. The van der Waals surface area contributed by atoms with E-state index in [1.165, 1.54) is 171 Å². The third kappa shape index (κ3) is 8.34. The third-order valence-electron chi connectivity index (χ3n) is 23.1. The summed E-state index contributed by atoms with van der Waals surface area (Å²) in [7, 11) is 0. The minimum atomic E-state index is -0.0600. The zero-order chi connectivity index (χ0) is 59.6. The number of thiophene rings is 1. The van der Waals surface area contributed by atoms with Gasteiger partial charge in [0.25, 0.3) is 6.71 Å². The van der Waals surface area contributed by atoms with Crippen molar-refractivity contribution in [2.24, 2.45) is 0 Å². The first-order chi connectivity index (χ1) is 39.2. The molecule has 0 radical (unpaired) electrons. The largest absolute Gasteiger partial charge is 0.311 e. The van der Waals surface area contributed by atoms with Crippen LogP contribution >= 0.6 is 11.3 Å². The lowest BCUT2D eigenvalue weighted by atomic mass is 9.33. The van der Waals surface area contributed by atoms with Crippen molar-refractivity contribution >= 4 is 78.0 Å². The molecule has 14 rings (SSSR count). The predicted molar refractivity (Wildman–Crippen MR) is 367 cm³/mol. The van der Waals surface area contributed by atoms with Gasteiger partial charge >= 0.3 is 0 Å². The molecule has 0 saturated carbocycles. The van der Waals surface area contributed by atoms with Crippen LogP contribution in [-0.4, -0.2) is 6.71 Å². The van der Waals surface area contributed by atoms with Gasteiger partial charge in [0.1, 0.15) is 0 Å². The Balaban J connectivity index is 1.17. The van der Waals surface area contributed by atoms with E-state index in [0.29, 0.717) is 0 Å². The highest BCUT2D eigenvalue weighted by atomic mass is 32.1. The molecule has 432 valence electrons. The smallest absolute Gasteiger partial charge is 0.254 e. The van der Waals surface area contributed by atoms with Gasteiger partial charge in [-0.3, -0.25) is 0 Å². The summed E-state index contributed by atoms with van der Waals surface area (Å²) >= 11 is 2.05. The van der Waals surface area contributed by atoms with Crippen molar-refractivity contribution in [1.29, 1.82) is 0 Å². The first-order valence-corrected chi connectivity index (χ1v) is 33.1. The monoisotopic (exact) mass is 1120 g/mol. The van der Waals surface area contributed by atoms with Gasteiger partial charge in [0.05, 0.1) is 5.00 Å². The van der Waals surface area contributed by atoms with Crippen LogP contribution in [0.3, 0.4) is 0 Å². The molecule has 84 heavy (non-hydrogen) atoms. The Bertz CT molecular complexity index is 4090. The van der Waals surface area contributed by atoms with E-state index in [2.05, 4.69) is 274 Å². The number of benzene rings is 7. The van der Waals surface area contributed by atoms with Gasteiger partial charge in [-0.2, -0.15) is 0 Å². The Hall–Kier alpha value is -5.84. The molecule has 7 aromatic carbocycles. The molecule has 0 spiro atoms. The van der Waals surface area contributed by atoms with Gasteiger partial charge in [-0.1, -0.05) is 186 Å². The molecule has 4 aliphatic carbocycles. The summed E-state index contributed by atoms with van der Waals surface area (Å²) in [6, 6.07) is 50.4. The number of hydrogen-bond acceptors (Lipinski definition) is 3. The molecule has 0 amide bonds. The SMILES string of the molecule is CC(C)(C)c1ccc2c(c1)B1c3c(cc(-c4cc5c(cc4-c4ccccc4)C(C)(C)CCC5(C)C)cc3N(c3ccc4c(c3)C(C)(C)CCC4(C)C)c3sc4cc5c(cc4c31)C(C)(C)CCC5(C)C)N2c1ccc2c(c1)C(C)(C)CCC2(C)C. The number of hydrogen-bond donors (Lipinski definition) is 0. The van der Waals surface area contributed by atoms with Crippen LogP contribution in [0.25, 0.3) is 32.3 Å². The van der Waals surface area contributed by atoms with Crippen LogP contribution in [0.1, 0.15) is 233 Å². The fourth-order valence-corrected chi connectivity index (χ4v) is 18.2. The normalized spacial score (nSPS) is 21.1. The summed E-state index contributed by atoms with van der Waals surface area (Å²) in [5, 5.41) is 2.80. The van der Waals surface area contributed by atoms with Gasteiger partial charge in [0, 0.05) is 33.1 Å². The fourth-order valence-electron chi connectivity index (χ4n) is 16.9. The number of nitrogens with zero attached hydrogens (tertiary/aromatic N) is 2. The van der Waals surface area contributed by atoms with Crippen LogP contribution in [0, 0.1) is 0 Å². The number of rotatable bonds is 4. The second-order valence-corrected chi connectivity index (χ2v) is 34.6. The summed E-state index contributed by atoms with van der Waals surface area (Å²) in [5.74, 6) is 0. The molecule has 3 heterocycles. The van der Waals surface area contributed by atoms with Gasteiger partial charge in [-0.25, -0.2) is 0 Å². The van der Waals surface area contributed by atoms with E-state index >= 15 is 0 Å². The Morgan fingerprint density at radius 3 is 1.27 bits per heavy atom. The first kappa shape index (κ1) is 56.0. The van der Waals surface area contributed by atoms with E-state index in [1.807, 2.05) is 0 Å². The zero-order valence-electron chi connectivity index (χ0n) is 54.6. The lowest BCUT2D eigenvalue weighted by Crippen LogP contribution is -2.61. The van der Waals surface area contributed by atoms with Crippen molar-refractivity contribution in [3.8, 4) is 22.3 Å². The molecule has 4 heteroatoms. The van der Waals surface area contributed by atoms with Crippen molar-refractivity contribution in [3.63, 3.8) is 0 Å². The van der Waals surface area contributed by atoms with Crippen LogP contribution in [0.15, 0.2) is 121 Å². The van der Waals surface area contributed by atoms with Crippen molar-refractivity contribution in [1.82, 2.24) is 0 Å². The molecule has 2 aliphatic heterocycles. The van der Waals surface area contributed by atoms with Gasteiger partial charge in [-0.05, 0) is 261 Å². The third-order valence-corrected chi connectivity index (χ3v) is 24.3. The van der Waals surface area contributed by atoms with Gasteiger partial charge in [0.2, 0.25) is 0 Å². The van der Waals surface area contributed by atoms with Crippen LogP contribution in [-0.2, 0) is 48.7 Å². The summed E-state index contributed by atoms with van der Waals surface area (Å²) < 4.78 is 1.41. The Kier molecular flexibility index (Phi) is 11.9. The van der Waals surface area contributed by atoms with Crippen molar-refractivity contribution in [3.05, 3.63) is 171 Å². The number of anilines is 6. The minimum absolute atomic E-state index is 0.0197. The molecule has 0 saturated heterocycles. The fraction of sp³-hybridized carbons (Fsp3) is 0.450. The Morgan fingerprint density at radius 2 is 0.786 bits per heavy atom. The molecule has 1 aromatic heterocycles. The highest BCUT2D eigenvalue weighted by Gasteiger charge is 2.49. The van der Waals surface area contributed by atoms with E-state index in [-0.39, 0.29) is 55.4 Å². The van der Waals surface area contributed by atoms with E-state index in [9.17, 15) is 0 Å². The van der Waals surface area contributed by atoms with Crippen LogP contribution in [0.2, 0.25) is 0 Å². The molecule has 6 aliphatic rings. The maximum Gasteiger partial charge on any atom is 0.254 e. The summed E-state index contributed by atoms with van der Waals surface area (Å²) in [6.07, 6.45) is 9.41. The van der Waals surface area contributed by atoms with E-state index < -0.39 is 0 Å². The Labute approximate surface area is 510 Å². The van der Waals surface area contributed by atoms with E-state index in [0.717, 1.165) is 12.8 Å². The molecule has 0 bridgehead atoms. The van der Waals surface area contributed by atoms with Crippen LogP contribution < -0.4 is 26.2 Å². The summed E-state index contributed by atoms with van der Waals surface area (Å²) in [6.45, 7) is 47.1. The molecule has 0 N–H and O–H groups in total. The second kappa shape index (κ2) is 17.9. The van der Waals surface area contributed by atoms with Gasteiger partial charge in [0.15, 0.2) is 0 Å². The van der Waals surface area contributed by atoms with Crippen molar-refractivity contribution in [2.75, 3.05) is 9.80 Å². The highest BCUT2D eigenvalue weighted by Crippen LogP contribution is 2.57. The molecule has 0 unspecified atom stereocenters. The van der Waals surface area contributed by atoms with Crippen LogP contribution in [0.4, 0.5) is 33.4 Å². The van der Waals surface area contributed by atoms with Crippen molar-refractivity contribution in [2.45, 2.75) is 232 Å². The lowest BCUT2D eigenvalue weighted by molar-refractivity contribution is 0.332. The maximum atomic E-state index is 2.80. The van der Waals surface area contributed by atoms with Crippen LogP contribution in [0.5, 0.6) is 0 Å². The molecule has 0 fully saturated rings. The van der Waals surface area contributed by atoms with E-state index in [4.69, 9.17) is 0 Å². The second-order valence-electron chi connectivity index (χ2n) is 33.6.